The zero-order valence-corrected chi connectivity index (χ0v) is 10.2. The van der Waals surface area contributed by atoms with Gasteiger partial charge in [0.25, 0.3) is 0 Å². The van der Waals surface area contributed by atoms with Crippen molar-refractivity contribution in [2.24, 2.45) is 0 Å². The van der Waals surface area contributed by atoms with Crippen LogP contribution >= 0.6 is 15.9 Å². The van der Waals surface area contributed by atoms with Crippen molar-refractivity contribution < 1.29 is 23.4 Å². The van der Waals surface area contributed by atoms with Gasteiger partial charge in [0.05, 0.1) is 18.3 Å². The van der Waals surface area contributed by atoms with Gasteiger partial charge in [-0.1, -0.05) is 0 Å². The first-order valence-corrected chi connectivity index (χ1v) is 5.53. The maximum atomic E-state index is 12.4. The van der Waals surface area contributed by atoms with E-state index in [9.17, 15) is 13.2 Å². The minimum Gasteiger partial charge on any atom is -0.394 e. The van der Waals surface area contributed by atoms with Gasteiger partial charge >= 0.3 is 6.18 Å². The first-order valence-electron chi connectivity index (χ1n) is 4.74. The van der Waals surface area contributed by atoms with Gasteiger partial charge in [-0.15, -0.1) is 0 Å². The lowest BCUT2D eigenvalue weighted by Gasteiger charge is -2.14. The summed E-state index contributed by atoms with van der Waals surface area (Å²) in [6.07, 6.45) is -5.43. The van der Waals surface area contributed by atoms with E-state index in [1.54, 1.807) is 0 Å². The molecule has 1 rings (SSSR count). The van der Waals surface area contributed by atoms with Gasteiger partial charge in [0.2, 0.25) is 0 Å². The fraction of sp³-hybridized carbons (Fsp3) is 0.400. The second-order valence-electron chi connectivity index (χ2n) is 3.41. The number of aliphatic hydroxyl groups excluding tert-OH is 2. The second kappa shape index (κ2) is 5.70. The van der Waals surface area contributed by atoms with Crippen molar-refractivity contribution in [2.45, 2.75) is 12.3 Å². The summed E-state index contributed by atoms with van der Waals surface area (Å²) < 4.78 is 37.8. The maximum Gasteiger partial charge on any atom is 0.416 e. The Labute approximate surface area is 104 Å². The van der Waals surface area contributed by atoms with E-state index in [4.69, 9.17) is 10.2 Å². The average molecular weight is 314 g/mol. The number of nitrogens with one attached hydrogen (secondary N) is 1. The van der Waals surface area contributed by atoms with Crippen LogP contribution in [0.5, 0.6) is 0 Å². The summed E-state index contributed by atoms with van der Waals surface area (Å²) in [5.41, 5.74) is -0.561. The highest BCUT2D eigenvalue weighted by atomic mass is 79.9. The van der Waals surface area contributed by atoms with Crippen LogP contribution in [0.15, 0.2) is 22.7 Å². The summed E-state index contributed by atoms with van der Waals surface area (Å²) in [7, 11) is 0. The molecule has 0 heterocycles. The molecule has 1 atom stereocenters. The third-order valence-electron chi connectivity index (χ3n) is 2.03. The first kappa shape index (κ1) is 14.3. The number of anilines is 1. The summed E-state index contributed by atoms with van der Waals surface area (Å²) in [6, 6.07) is 3.17. The first-order chi connectivity index (χ1) is 7.84. The molecule has 3 nitrogen and oxygen atoms in total. The number of halogens is 4. The third-order valence-corrected chi connectivity index (χ3v) is 2.72. The minimum absolute atomic E-state index is 0.0313. The largest absolute Gasteiger partial charge is 0.416 e. The molecular formula is C10H11BrF3NO2. The Hall–Kier alpha value is -0.790. The van der Waals surface area contributed by atoms with E-state index in [2.05, 4.69) is 21.2 Å². The fourth-order valence-electron chi connectivity index (χ4n) is 1.13. The molecule has 0 aliphatic carbocycles. The zero-order chi connectivity index (χ0) is 13.1. The van der Waals surface area contributed by atoms with Gasteiger partial charge < -0.3 is 15.5 Å². The predicted molar refractivity (Wildman–Crippen MR) is 60.7 cm³/mol. The Balaban J connectivity index is 2.84. The summed E-state index contributed by atoms with van der Waals surface area (Å²) in [5, 5.41) is 20.3. The van der Waals surface area contributed by atoms with E-state index >= 15 is 0 Å². The Morgan fingerprint density at radius 3 is 2.53 bits per heavy atom. The van der Waals surface area contributed by atoms with E-state index in [0.29, 0.717) is 4.47 Å². The predicted octanol–water partition coefficient (Wildman–Crippen LogP) is 2.23. The van der Waals surface area contributed by atoms with Crippen LogP contribution in [0.2, 0.25) is 0 Å². The molecule has 0 amide bonds. The van der Waals surface area contributed by atoms with E-state index < -0.39 is 24.5 Å². The molecule has 1 unspecified atom stereocenters. The van der Waals surface area contributed by atoms with Crippen LogP contribution in [0, 0.1) is 0 Å². The molecule has 3 N–H and O–H groups in total. The monoisotopic (exact) mass is 313 g/mol. The van der Waals surface area contributed by atoms with Crippen molar-refractivity contribution in [1.82, 2.24) is 0 Å². The molecule has 0 radical (unpaired) electrons. The van der Waals surface area contributed by atoms with Crippen LogP contribution in [-0.2, 0) is 6.18 Å². The van der Waals surface area contributed by atoms with Crippen LogP contribution < -0.4 is 5.32 Å². The highest BCUT2D eigenvalue weighted by Gasteiger charge is 2.30. The SMILES string of the molecule is OCC(O)CNc1cc(C(F)(F)F)ccc1Br. The third kappa shape index (κ3) is 4.18. The molecule has 17 heavy (non-hydrogen) atoms. The summed E-state index contributed by atoms with van der Waals surface area (Å²) in [4.78, 5) is 0. The average Bonchev–Trinajstić information content (AvgIpc) is 2.26. The quantitative estimate of drug-likeness (QED) is 0.799. The lowest BCUT2D eigenvalue weighted by Crippen LogP contribution is -2.23. The van der Waals surface area contributed by atoms with Gasteiger partial charge in [-0.3, -0.25) is 0 Å². The molecule has 0 aliphatic rings. The highest BCUT2D eigenvalue weighted by molar-refractivity contribution is 9.10. The van der Waals surface area contributed by atoms with Gasteiger partial charge in [0, 0.05) is 16.7 Å². The van der Waals surface area contributed by atoms with E-state index in [1.165, 1.54) is 6.07 Å². The zero-order valence-electron chi connectivity index (χ0n) is 8.63. The molecule has 7 heteroatoms. The van der Waals surface area contributed by atoms with Crippen molar-refractivity contribution in [3.8, 4) is 0 Å². The van der Waals surface area contributed by atoms with Crippen LogP contribution in [0.4, 0.5) is 18.9 Å². The molecule has 96 valence electrons. The van der Waals surface area contributed by atoms with Gasteiger partial charge in [0.15, 0.2) is 0 Å². The highest BCUT2D eigenvalue weighted by Crippen LogP contribution is 2.33. The standard InChI is InChI=1S/C10H11BrF3NO2/c11-8-2-1-6(10(12,13)14)3-9(8)15-4-7(17)5-16/h1-3,7,15-17H,4-5H2. The number of benzene rings is 1. The Kier molecular flexibility index (Phi) is 4.79. The lowest BCUT2D eigenvalue weighted by molar-refractivity contribution is -0.137. The minimum atomic E-state index is -4.41. The fourth-order valence-corrected chi connectivity index (χ4v) is 1.52. The van der Waals surface area contributed by atoms with Crippen LogP contribution in [-0.4, -0.2) is 29.5 Å². The number of alkyl halides is 3. The van der Waals surface area contributed by atoms with Crippen LogP contribution in [0.1, 0.15) is 5.56 Å². The summed E-state index contributed by atoms with van der Waals surface area (Å²) >= 11 is 3.10. The normalized spacial score (nSPS) is 13.5. The van der Waals surface area contributed by atoms with Crippen molar-refractivity contribution in [3.05, 3.63) is 28.2 Å². The molecule has 1 aromatic carbocycles. The van der Waals surface area contributed by atoms with Crippen LogP contribution in [0.25, 0.3) is 0 Å². The molecule has 0 spiro atoms. The van der Waals surface area contributed by atoms with Crippen molar-refractivity contribution in [1.29, 1.82) is 0 Å². The van der Waals surface area contributed by atoms with Crippen molar-refractivity contribution in [3.63, 3.8) is 0 Å². The van der Waals surface area contributed by atoms with E-state index in [-0.39, 0.29) is 12.2 Å². The Bertz CT molecular complexity index is 384. The van der Waals surface area contributed by atoms with E-state index in [1.807, 2.05) is 0 Å². The second-order valence-corrected chi connectivity index (χ2v) is 4.26. The smallest absolute Gasteiger partial charge is 0.394 e. The molecular weight excluding hydrogens is 303 g/mol. The molecule has 0 aromatic heterocycles. The van der Waals surface area contributed by atoms with Gasteiger partial charge in [-0.2, -0.15) is 13.2 Å². The molecule has 0 aliphatic heterocycles. The topological polar surface area (TPSA) is 52.5 Å². The van der Waals surface area contributed by atoms with Gasteiger partial charge in [0.1, 0.15) is 0 Å². The Morgan fingerprint density at radius 1 is 1.35 bits per heavy atom. The van der Waals surface area contributed by atoms with Crippen molar-refractivity contribution in [2.75, 3.05) is 18.5 Å². The van der Waals surface area contributed by atoms with Gasteiger partial charge in [-0.05, 0) is 34.1 Å². The molecule has 0 fully saturated rings. The molecule has 1 aromatic rings. The van der Waals surface area contributed by atoms with E-state index in [0.717, 1.165) is 12.1 Å². The van der Waals surface area contributed by atoms with Crippen molar-refractivity contribution >= 4 is 21.6 Å². The summed E-state index contributed by atoms with van der Waals surface area (Å²) in [6.45, 7) is -0.486. The lowest BCUT2D eigenvalue weighted by atomic mass is 10.2. The summed E-state index contributed by atoms with van der Waals surface area (Å²) in [5.74, 6) is 0. The van der Waals surface area contributed by atoms with Crippen LogP contribution in [0.3, 0.4) is 0 Å². The van der Waals surface area contributed by atoms with Gasteiger partial charge in [-0.25, -0.2) is 0 Å². The molecule has 0 bridgehead atoms. The number of hydrogen-bond acceptors (Lipinski definition) is 3. The maximum absolute atomic E-state index is 12.4. The number of aliphatic hydroxyl groups is 2. The molecule has 0 saturated heterocycles. The Morgan fingerprint density at radius 2 is 2.00 bits per heavy atom. The number of hydrogen-bond donors (Lipinski definition) is 3. The molecule has 0 saturated carbocycles. The number of rotatable bonds is 4.